The minimum Gasteiger partial charge on any atom is -0.379 e. The van der Waals surface area contributed by atoms with Crippen LogP contribution in [-0.4, -0.2) is 66.9 Å². The van der Waals surface area contributed by atoms with Crippen LogP contribution in [0.1, 0.15) is 5.56 Å². The molecule has 0 radical (unpaired) electrons. The molecule has 3 aliphatic rings. The molecule has 1 aromatic carbocycles. The molecule has 2 fully saturated rings. The van der Waals surface area contributed by atoms with E-state index in [0.717, 1.165) is 21.9 Å². The SMILES string of the molecule is CN1C(=O)C(=C2SC(=O)N(CN3CCOCC3)C2=O)c2cc(Br)ccc21. The van der Waals surface area contributed by atoms with Crippen molar-refractivity contribution in [3.05, 3.63) is 33.1 Å². The van der Waals surface area contributed by atoms with Gasteiger partial charge in [0, 0.05) is 30.2 Å². The summed E-state index contributed by atoms with van der Waals surface area (Å²) in [5.41, 5.74) is 1.70. The highest BCUT2D eigenvalue weighted by atomic mass is 79.9. The molecule has 4 rings (SSSR count). The Kier molecular flexibility index (Phi) is 4.64. The first kappa shape index (κ1) is 17.7. The third-order valence-corrected chi connectivity index (χ3v) is 6.10. The molecule has 0 bridgehead atoms. The Hall–Kier alpha value is -1.68. The van der Waals surface area contributed by atoms with Crippen molar-refractivity contribution in [1.29, 1.82) is 0 Å². The lowest BCUT2D eigenvalue weighted by Crippen LogP contribution is -2.45. The minimum atomic E-state index is -0.406. The van der Waals surface area contributed by atoms with E-state index in [4.69, 9.17) is 4.74 Å². The molecule has 9 heteroatoms. The van der Waals surface area contributed by atoms with Crippen LogP contribution in [0.4, 0.5) is 10.5 Å². The molecule has 0 atom stereocenters. The first-order valence-electron chi connectivity index (χ1n) is 8.13. The summed E-state index contributed by atoms with van der Waals surface area (Å²) in [5, 5.41) is -0.345. The quantitative estimate of drug-likeness (QED) is 0.659. The van der Waals surface area contributed by atoms with Crippen molar-refractivity contribution in [3.63, 3.8) is 0 Å². The number of ether oxygens (including phenoxy) is 1. The van der Waals surface area contributed by atoms with E-state index in [0.29, 0.717) is 37.4 Å². The second-order valence-corrected chi connectivity index (χ2v) is 8.08. The Morgan fingerprint density at radius 1 is 1.15 bits per heavy atom. The van der Waals surface area contributed by atoms with Crippen LogP contribution in [0.5, 0.6) is 0 Å². The predicted octanol–water partition coefficient (Wildman–Crippen LogP) is 2.12. The van der Waals surface area contributed by atoms with E-state index in [-0.39, 0.29) is 22.7 Å². The predicted molar refractivity (Wildman–Crippen MR) is 102 cm³/mol. The lowest BCUT2D eigenvalue weighted by molar-refractivity contribution is -0.125. The lowest BCUT2D eigenvalue weighted by atomic mass is 10.1. The van der Waals surface area contributed by atoms with Crippen LogP contribution in [0.3, 0.4) is 0 Å². The van der Waals surface area contributed by atoms with Gasteiger partial charge in [-0.25, -0.2) is 0 Å². The van der Waals surface area contributed by atoms with Gasteiger partial charge in [0.1, 0.15) is 0 Å². The number of anilines is 1. The molecule has 3 heterocycles. The van der Waals surface area contributed by atoms with E-state index < -0.39 is 5.91 Å². The summed E-state index contributed by atoms with van der Waals surface area (Å²) >= 11 is 4.24. The molecular formula is C17H16BrN3O4S. The van der Waals surface area contributed by atoms with E-state index in [1.807, 2.05) is 23.1 Å². The number of nitrogens with zero attached hydrogens (tertiary/aromatic N) is 3. The average molecular weight is 438 g/mol. The summed E-state index contributed by atoms with van der Waals surface area (Å²) in [7, 11) is 1.67. The van der Waals surface area contributed by atoms with Gasteiger partial charge in [-0.1, -0.05) is 15.9 Å². The fourth-order valence-corrected chi connectivity index (χ4v) is 4.51. The van der Waals surface area contributed by atoms with E-state index >= 15 is 0 Å². The average Bonchev–Trinajstić information content (AvgIpc) is 3.03. The maximum atomic E-state index is 12.9. The zero-order valence-electron chi connectivity index (χ0n) is 14.0. The van der Waals surface area contributed by atoms with E-state index in [2.05, 4.69) is 15.9 Å². The Labute approximate surface area is 163 Å². The van der Waals surface area contributed by atoms with E-state index in [1.54, 1.807) is 7.05 Å². The molecule has 0 aliphatic carbocycles. The number of halogens is 1. The number of thioether (sulfide) groups is 1. The smallest absolute Gasteiger partial charge is 0.294 e. The molecule has 0 saturated carbocycles. The van der Waals surface area contributed by atoms with Crippen LogP contribution in [0.2, 0.25) is 0 Å². The fourth-order valence-electron chi connectivity index (χ4n) is 3.23. The maximum Gasteiger partial charge on any atom is 0.294 e. The van der Waals surface area contributed by atoms with Crippen LogP contribution >= 0.6 is 27.7 Å². The second kappa shape index (κ2) is 6.80. The maximum absolute atomic E-state index is 12.9. The second-order valence-electron chi connectivity index (χ2n) is 6.20. The minimum absolute atomic E-state index is 0.206. The zero-order valence-corrected chi connectivity index (χ0v) is 16.4. The van der Waals surface area contributed by atoms with Crippen molar-refractivity contribution in [2.24, 2.45) is 0 Å². The van der Waals surface area contributed by atoms with Gasteiger partial charge < -0.3 is 9.64 Å². The van der Waals surface area contributed by atoms with Gasteiger partial charge in [0.2, 0.25) is 0 Å². The molecular weight excluding hydrogens is 422 g/mol. The molecule has 3 amide bonds. The van der Waals surface area contributed by atoms with E-state index in [9.17, 15) is 14.4 Å². The summed E-state index contributed by atoms with van der Waals surface area (Å²) in [6, 6.07) is 5.47. The van der Waals surface area contributed by atoms with Crippen molar-refractivity contribution in [2.45, 2.75) is 0 Å². The number of carbonyl (C=O) groups is 3. The van der Waals surface area contributed by atoms with Crippen molar-refractivity contribution < 1.29 is 19.1 Å². The van der Waals surface area contributed by atoms with Gasteiger partial charge in [0.05, 0.1) is 36.0 Å². The topological polar surface area (TPSA) is 70.2 Å². The standard InChI is InChI=1S/C17H16BrN3O4S/c1-19-12-3-2-10(18)8-11(12)13(15(19)22)14-16(23)21(17(24)26-14)9-20-4-6-25-7-5-20/h2-3,8H,4-7,9H2,1H3. The summed E-state index contributed by atoms with van der Waals surface area (Å²) < 4.78 is 6.11. The monoisotopic (exact) mass is 437 g/mol. The number of hydrogen-bond donors (Lipinski definition) is 0. The highest BCUT2D eigenvalue weighted by Crippen LogP contribution is 2.44. The van der Waals surface area contributed by atoms with Crippen molar-refractivity contribution in [3.8, 4) is 0 Å². The molecule has 26 heavy (non-hydrogen) atoms. The third kappa shape index (κ3) is 2.88. The summed E-state index contributed by atoms with van der Waals surface area (Å²) in [6.45, 7) is 2.74. The van der Waals surface area contributed by atoms with Crippen LogP contribution in [-0.2, 0) is 14.3 Å². The Balaban J connectivity index is 1.69. The largest absolute Gasteiger partial charge is 0.379 e. The number of benzene rings is 1. The Morgan fingerprint density at radius 2 is 1.88 bits per heavy atom. The highest BCUT2D eigenvalue weighted by molar-refractivity contribution is 9.10. The highest BCUT2D eigenvalue weighted by Gasteiger charge is 2.43. The fraction of sp³-hybridized carbons (Fsp3) is 0.353. The van der Waals surface area contributed by atoms with Gasteiger partial charge in [-0.3, -0.25) is 24.2 Å². The molecule has 2 saturated heterocycles. The molecule has 7 nitrogen and oxygen atoms in total. The molecule has 1 aromatic rings. The molecule has 136 valence electrons. The number of carbonyl (C=O) groups excluding carboxylic acids is 3. The number of morpholine rings is 1. The van der Waals surface area contributed by atoms with Gasteiger partial charge in [0.15, 0.2) is 0 Å². The van der Waals surface area contributed by atoms with E-state index in [1.165, 1.54) is 9.80 Å². The van der Waals surface area contributed by atoms with Crippen molar-refractivity contribution in [1.82, 2.24) is 9.80 Å². The van der Waals surface area contributed by atoms with Gasteiger partial charge in [-0.05, 0) is 30.0 Å². The molecule has 0 N–H and O–H groups in total. The molecule has 0 unspecified atom stereocenters. The number of rotatable bonds is 2. The molecule has 3 aliphatic heterocycles. The number of hydrogen-bond acceptors (Lipinski definition) is 6. The molecule has 0 spiro atoms. The van der Waals surface area contributed by atoms with Crippen LogP contribution in [0, 0.1) is 0 Å². The Morgan fingerprint density at radius 3 is 2.62 bits per heavy atom. The van der Waals surface area contributed by atoms with Crippen LogP contribution in [0.15, 0.2) is 27.6 Å². The van der Waals surface area contributed by atoms with Crippen molar-refractivity contribution in [2.75, 3.05) is 44.9 Å². The van der Waals surface area contributed by atoms with Crippen molar-refractivity contribution >= 4 is 56.0 Å². The molecule has 0 aromatic heterocycles. The summed E-state index contributed by atoms with van der Waals surface area (Å²) in [4.78, 5) is 43.0. The first-order chi connectivity index (χ1) is 12.5. The number of likely N-dealkylation sites (N-methyl/N-ethyl adjacent to an activating group) is 1. The normalized spacial score (nSPS) is 24.0. The van der Waals surface area contributed by atoms with Gasteiger partial charge >= 0.3 is 0 Å². The van der Waals surface area contributed by atoms with Crippen LogP contribution < -0.4 is 4.90 Å². The van der Waals surface area contributed by atoms with Crippen LogP contribution in [0.25, 0.3) is 5.57 Å². The third-order valence-electron chi connectivity index (χ3n) is 4.63. The van der Waals surface area contributed by atoms with Gasteiger partial charge in [0.25, 0.3) is 17.1 Å². The number of amides is 3. The number of fused-ring (bicyclic) bond motifs is 1. The summed E-state index contributed by atoms with van der Waals surface area (Å²) in [6.07, 6.45) is 0. The zero-order chi connectivity index (χ0) is 18.4. The van der Waals surface area contributed by atoms with Gasteiger partial charge in [-0.2, -0.15) is 0 Å². The summed E-state index contributed by atoms with van der Waals surface area (Å²) in [5.74, 6) is -0.675. The lowest BCUT2D eigenvalue weighted by Gasteiger charge is -2.29. The number of imide groups is 1. The Bertz CT molecular complexity index is 850. The first-order valence-corrected chi connectivity index (χ1v) is 9.74. The van der Waals surface area contributed by atoms with Gasteiger partial charge in [-0.15, -0.1) is 0 Å².